The number of amides is 2. The molecule has 224 valence electrons. The van der Waals surface area contributed by atoms with Gasteiger partial charge in [0.2, 0.25) is 5.91 Å². The Balaban J connectivity index is 1.50. The third-order valence-corrected chi connectivity index (χ3v) is 6.83. The predicted octanol–water partition coefficient (Wildman–Crippen LogP) is 4.11. The highest BCUT2D eigenvalue weighted by Gasteiger charge is 2.27. The highest BCUT2D eigenvalue weighted by molar-refractivity contribution is 5.98. The SMILES string of the molecule is CC(NC(=O)OCc1ccccc1)C(=O)n1cc(CC(NC(=O)CCCN)C(=O)OCc2ccccc2)c2ccccc21. The van der Waals surface area contributed by atoms with Gasteiger partial charge in [-0.25, -0.2) is 9.59 Å². The Morgan fingerprint density at radius 3 is 2.07 bits per heavy atom. The van der Waals surface area contributed by atoms with Crippen LogP contribution in [0.3, 0.4) is 0 Å². The molecular formula is C33H36N4O6. The highest BCUT2D eigenvalue weighted by Crippen LogP contribution is 2.24. The molecule has 43 heavy (non-hydrogen) atoms. The molecule has 4 aromatic rings. The number of rotatable bonds is 13. The van der Waals surface area contributed by atoms with E-state index in [1.807, 2.05) is 72.8 Å². The second kappa shape index (κ2) is 15.3. The van der Waals surface area contributed by atoms with Crippen LogP contribution in [0, 0.1) is 0 Å². The smallest absolute Gasteiger partial charge is 0.408 e. The lowest BCUT2D eigenvalue weighted by molar-refractivity contribution is -0.149. The molecule has 3 aromatic carbocycles. The number of fused-ring (bicyclic) bond motifs is 1. The molecule has 0 spiro atoms. The van der Waals surface area contributed by atoms with Crippen LogP contribution in [-0.2, 0) is 38.7 Å². The number of carbonyl (C=O) groups is 4. The first-order valence-electron chi connectivity index (χ1n) is 14.2. The summed E-state index contributed by atoms with van der Waals surface area (Å²) >= 11 is 0. The maximum Gasteiger partial charge on any atom is 0.408 e. The van der Waals surface area contributed by atoms with E-state index in [1.165, 1.54) is 4.57 Å². The molecule has 0 bridgehead atoms. The molecule has 4 N–H and O–H groups in total. The van der Waals surface area contributed by atoms with Crippen molar-refractivity contribution in [3.8, 4) is 0 Å². The van der Waals surface area contributed by atoms with Gasteiger partial charge in [-0.3, -0.25) is 14.2 Å². The monoisotopic (exact) mass is 584 g/mol. The van der Waals surface area contributed by atoms with Crippen LogP contribution < -0.4 is 16.4 Å². The molecule has 0 aliphatic heterocycles. The number of benzene rings is 3. The molecule has 0 fully saturated rings. The van der Waals surface area contributed by atoms with E-state index in [1.54, 1.807) is 25.3 Å². The van der Waals surface area contributed by atoms with Crippen LogP contribution in [0.2, 0.25) is 0 Å². The van der Waals surface area contributed by atoms with Crippen molar-refractivity contribution < 1.29 is 28.7 Å². The molecule has 0 radical (unpaired) electrons. The van der Waals surface area contributed by atoms with Crippen molar-refractivity contribution in [2.75, 3.05) is 6.54 Å². The van der Waals surface area contributed by atoms with Gasteiger partial charge in [-0.05, 0) is 42.6 Å². The molecule has 10 nitrogen and oxygen atoms in total. The van der Waals surface area contributed by atoms with Crippen LogP contribution in [0.15, 0.2) is 91.1 Å². The summed E-state index contributed by atoms with van der Waals surface area (Å²) in [5.41, 5.74) is 8.45. The molecule has 10 heteroatoms. The van der Waals surface area contributed by atoms with Crippen LogP contribution in [0.4, 0.5) is 4.79 Å². The predicted molar refractivity (Wildman–Crippen MR) is 162 cm³/mol. The number of hydrogen-bond donors (Lipinski definition) is 3. The number of carbonyl (C=O) groups excluding carboxylic acids is 4. The summed E-state index contributed by atoms with van der Waals surface area (Å²) in [6.45, 7) is 2.04. The molecule has 4 rings (SSSR count). The molecule has 2 atom stereocenters. The highest BCUT2D eigenvalue weighted by atomic mass is 16.5. The molecule has 0 saturated heterocycles. The Morgan fingerprint density at radius 1 is 0.814 bits per heavy atom. The number of nitrogens with two attached hydrogens (primary N) is 1. The number of aromatic nitrogens is 1. The van der Waals surface area contributed by atoms with Gasteiger partial charge in [-0.2, -0.15) is 0 Å². The van der Waals surface area contributed by atoms with E-state index in [0.29, 0.717) is 24.0 Å². The maximum atomic E-state index is 13.5. The lowest BCUT2D eigenvalue weighted by Crippen LogP contribution is -2.43. The minimum absolute atomic E-state index is 0.0542. The summed E-state index contributed by atoms with van der Waals surface area (Å²) in [6, 6.07) is 23.8. The van der Waals surface area contributed by atoms with Gasteiger partial charge >= 0.3 is 12.1 Å². The fraction of sp³-hybridized carbons (Fsp3) is 0.273. The van der Waals surface area contributed by atoms with E-state index >= 15 is 0 Å². The first-order chi connectivity index (χ1) is 20.9. The van der Waals surface area contributed by atoms with E-state index in [0.717, 1.165) is 16.5 Å². The van der Waals surface area contributed by atoms with Crippen LogP contribution in [0.1, 0.15) is 41.3 Å². The van der Waals surface area contributed by atoms with Gasteiger partial charge < -0.3 is 25.8 Å². The van der Waals surface area contributed by atoms with Gasteiger partial charge in [0.1, 0.15) is 25.3 Å². The van der Waals surface area contributed by atoms with Gasteiger partial charge in [0.15, 0.2) is 0 Å². The number of ether oxygens (including phenoxy) is 2. The Bertz CT molecular complexity index is 1540. The Morgan fingerprint density at radius 2 is 1.42 bits per heavy atom. The lowest BCUT2D eigenvalue weighted by atomic mass is 10.0. The minimum Gasteiger partial charge on any atom is -0.459 e. The zero-order chi connectivity index (χ0) is 30.6. The van der Waals surface area contributed by atoms with Crippen LogP contribution in [0.25, 0.3) is 10.9 Å². The summed E-state index contributed by atoms with van der Waals surface area (Å²) < 4.78 is 12.3. The number of alkyl carbamates (subject to hydrolysis) is 1. The zero-order valence-electron chi connectivity index (χ0n) is 24.0. The average Bonchev–Trinajstić information content (AvgIpc) is 3.40. The van der Waals surface area contributed by atoms with Crippen molar-refractivity contribution in [3.63, 3.8) is 0 Å². The molecule has 2 amide bonds. The third kappa shape index (κ3) is 8.76. The molecule has 1 aromatic heterocycles. The Labute approximate surface area is 250 Å². The summed E-state index contributed by atoms with van der Waals surface area (Å²) in [4.78, 5) is 51.7. The van der Waals surface area contributed by atoms with Crippen molar-refractivity contribution in [2.45, 2.75) is 51.5 Å². The topological polar surface area (TPSA) is 142 Å². The van der Waals surface area contributed by atoms with E-state index in [2.05, 4.69) is 10.6 Å². The quantitative estimate of drug-likeness (QED) is 0.201. The maximum absolute atomic E-state index is 13.5. The normalized spacial score (nSPS) is 12.2. The molecular weight excluding hydrogens is 548 g/mol. The van der Waals surface area contributed by atoms with Crippen LogP contribution in [-0.4, -0.2) is 47.1 Å². The molecule has 0 aliphatic carbocycles. The summed E-state index contributed by atoms with van der Waals surface area (Å²) in [7, 11) is 0. The van der Waals surface area contributed by atoms with E-state index < -0.39 is 30.1 Å². The first-order valence-corrected chi connectivity index (χ1v) is 14.2. The van der Waals surface area contributed by atoms with Crippen molar-refractivity contribution >= 4 is 34.8 Å². The fourth-order valence-corrected chi connectivity index (χ4v) is 4.58. The van der Waals surface area contributed by atoms with Gasteiger partial charge in [0, 0.05) is 24.4 Å². The van der Waals surface area contributed by atoms with E-state index in [-0.39, 0.29) is 32.0 Å². The van der Waals surface area contributed by atoms with Crippen molar-refractivity contribution in [3.05, 3.63) is 108 Å². The average molecular weight is 585 g/mol. The third-order valence-electron chi connectivity index (χ3n) is 6.83. The molecule has 1 heterocycles. The summed E-state index contributed by atoms with van der Waals surface area (Å²) in [6.07, 6.45) is 1.64. The second-order valence-corrected chi connectivity index (χ2v) is 10.1. The molecule has 0 saturated carbocycles. The van der Waals surface area contributed by atoms with Crippen LogP contribution >= 0.6 is 0 Å². The first kappa shape index (κ1) is 31.0. The van der Waals surface area contributed by atoms with Gasteiger partial charge in [-0.1, -0.05) is 78.9 Å². The number of nitrogens with zero attached hydrogens (tertiary/aromatic N) is 1. The largest absolute Gasteiger partial charge is 0.459 e. The van der Waals surface area contributed by atoms with Crippen molar-refractivity contribution in [2.24, 2.45) is 5.73 Å². The standard InChI is InChI=1S/C33H36N4O6/c1-23(35-33(41)43-22-25-13-6-3-7-14-25)31(39)37-20-26(27-15-8-9-16-29(27)37)19-28(36-30(38)17-10-18-34)32(40)42-21-24-11-4-2-5-12-24/h2-9,11-16,20,23,28H,10,17-19,21-22,34H2,1H3,(H,35,41)(H,36,38). The molecule has 0 aliphatic rings. The van der Waals surface area contributed by atoms with E-state index in [9.17, 15) is 19.2 Å². The van der Waals surface area contributed by atoms with Gasteiger partial charge in [-0.15, -0.1) is 0 Å². The second-order valence-electron chi connectivity index (χ2n) is 10.1. The van der Waals surface area contributed by atoms with Crippen molar-refractivity contribution in [1.82, 2.24) is 15.2 Å². The van der Waals surface area contributed by atoms with Gasteiger partial charge in [0.05, 0.1) is 5.52 Å². The fourth-order valence-electron chi connectivity index (χ4n) is 4.58. The lowest BCUT2D eigenvalue weighted by Gasteiger charge is -2.18. The number of para-hydroxylation sites is 1. The Hall–Kier alpha value is -4.96. The molecule has 2 unspecified atom stereocenters. The number of nitrogens with one attached hydrogen (secondary N) is 2. The summed E-state index contributed by atoms with van der Waals surface area (Å²) in [5, 5.41) is 6.09. The van der Waals surface area contributed by atoms with Gasteiger partial charge in [0.25, 0.3) is 5.91 Å². The van der Waals surface area contributed by atoms with Crippen molar-refractivity contribution in [1.29, 1.82) is 0 Å². The van der Waals surface area contributed by atoms with E-state index in [4.69, 9.17) is 15.2 Å². The summed E-state index contributed by atoms with van der Waals surface area (Å²) in [5.74, 6) is -1.31. The minimum atomic E-state index is -0.994. The Kier molecular flexibility index (Phi) is 11.0. The zero-order valence-corrected chi connectivity index (χ0v) is 24.0. The number of hydrogen-bond acceptors (Lipinski definition) is 7. The number of esters is 1. The van der Waals surface area contributed by atoms with Crippen LogP contribution in [0.5, 0.6) is 0 Å².